The fraction of sp³-hybridized carbons (Fsp3) is 0.440. The van der Waals surface area contributed by atoms with Gasteiger partial charge in [0.25, 0.3) is 0 Å². The third kappa shape index (κ3) is 7.35. The van der Waals surface area contributed by atoms with Crippen molar-refractivity contribution in [2.75, 3.05) is 17.1 Å². The van der Waals surface area contributed by atoms with Crippen molar-refractivity contribution in [1.82, 2.24) is 10.2 Å². The van der Waals surface area contributed by atoms with Gasteiger partial charge in [0.1, 0.15) is 12.6 Å². The summed E-state index contributed by atoms with van der Waals surface area (Å²) in [5.41, 5.74) is 2.02. The van der Waals surface area contributed by atoms with E-state index in [4.69, 9.17) is 23.2 Å². The van der Waals surface area contributed by atoms with E-state index in [1.54, 1.807) is 49.4 Å². The van der Waals surface area contributed by atoms with E-state index in [1.165, 1.54) is 4.90 Å². The monoisotopic (exact) mass is 539 g/mol. The van der Waals surface area contributed by atoms with Crippen LogP contribution in [0.3, 0.4) is 0 Å². The summed E-state index contributed by atoms with van der Waals surface area (Å²) in [6, 6.07) is 11.1. The number of benzene rings is 2. The summed E-state index contributed by atoms with van der Waals surface area (Å²) < 4.78 is 26.2. The molecule has 1 N–H and O–H groups in total. The molecule has 1 saturated carbocycles. The number of nitrogens with one attached hydrogen (secondary N) is 1. The average Bonchev–Trinajstić information content (AvgIpc) is 3.30. The Kier molecular flexibility index (Phi) is 9.07. The highest BCUT2D eigenvalue weighted by atomic mass is 35.5. The Balaban J connectivity index is 1.88. The van der Waals surface area contributed by atoms with Gasteiger partial charge < -0.3 is 10.2 Å². The van der Waals surface area contributed by atoms with Gasteiger partial charge in [-0.15, -0.1) is 0 Å². The van der Waals surface area contributed by atoms with Crippen molar-refractivity contribution < 1.29 is 18.0 Å². The first-order chi connectivity index (χ1) is 16.5. The molecule has 2 aromatic rings. The quantitative estimate of drug-likeness (QED) is 0.506. The Hall–Kier alpha value is -2.29. The molecule has 2 aromatic carbocycles. The molecule has 0 radical (unpaired) electrons. The molecule has 2 amide bonds. The highest BCUT2D eigenvalue weighted by Crippen LogP contribution is 2.25. The second-order valence-electron chi connectivity index (χ2n) is 9.04. The predicted octanol–water partition coefficient (Wildman–Crippen LogP) is 4.54. The van der Waals surface area contributed by atoms with Crippen LogP contribution in [0.1, 0.15) is 43.7 Å². The highest BCUT2D eigenvalue weighted by Gasteiger charge is 2.31. The topological polar surface area (TPSA) is 86.8 Å². The summed E-state index contributed by atoms with van der Waals surface area (Å²) in [4.78, 5) is 28.0. The zero-order chi connectivity index (χ0) is 25.8. The zero-order valence-electron chi connectivity index (χ0n) is 20.1. The largest absolute Gasteiger partial charge is 0.352 e. The number of carbonyl (C=O) groups is 2. The van der Waals surface area contributed by atoms with Gasteiger partial charge in [-0.2, -0.15) is 0 Å². The molecule has 0 heterocycles. The zero-order valence-corrected chi connectivity index (χ0v) is 22.5. The van der Waals surface area contributed by atoms with Gasteiger partial charge in [-0.05, 0) is 56.5 Å². The van der Waals surface area contributed by atoms with E-state index in [1.807, 2.05) is 6.92 Å². The van der Waals surface area contributed by atoms with E-state index in [-0.39, 0.29) is 18.5 Å². The molecule has 0 saturated heterocycles. The molecule has 1 aliphatic carbocycles. The van der Waals surface area contributed by atoms with Gasteiger partial charge in [0.2, 0.25) is 21.8 Å². The molecule has 3 rings (SSSR count). The van der Waals surface area contributed by atoms with E-state index in [0.29, 0.717) is 21.3 Å². The first-order valence-corrected chi connectivity index (χ1v) is 14.1. The summed E-state index contributed by atoms with van der Waals surface area (Å²) in [6.45, 7) is 3.17. The number of aryl methyl sites for hydroxylation is 1. The Morgan fingerprint density at radius 3 is 2.26 bits per heavy atom. The van der Waals surface area contributed by atoms with Gasteiger partial charge >= 0.3 is 0 Å². The molecule has 1 atom stereocenters. The van der Waals surface area contributed by atoms with E-state index in [9.17, 15) is 18.0 Å². The SMILES string of the molecule is Cc1ccc(N(CC(=O)N(Cc2ccc(Cl)c(Cl)c2)[C@H](C)C(=O)NC2CCCC2)S(C)(=O)=O)cc1. The van der Waals surface area contributed by atoms with Crippen LogP contribution in [0.15, 0.2) is 42.5 Å². The minimum absolute atomic E-state index is 0.0699. The number of carbonyl (C=O) groups excluding carboxylic acids is 2. The van der Waals surface area contributed by atoms with Gasteiger partial charge in [-0.3, -0.25) is 13.9 Å². The average molecular weight is 541 g/mol. The Bertz CT molecular complexity index is 1170. The minimum Gasteiger partial charge on any atom is -0.352 e. The van der Waals surface area contributed by atoms with Crippen LogP contribution < -0.4 is 9.62 Å². The van der Waals surface area contributed by atoms with Crippen LogP contribution in [0, 0.1) is 6.92 Å². The van der Waals surface area contributed by atoms with Crippen LogP contribution in [0.2, 0.25) is 10.0 Å². The maximum atomic E-state index is 13.6. The van der Waals surface area contributed by atoms with Gasteiger partial charge in [-0.25, -0.2) is 8.42 Å². The van der Waals surface area contributed by atoms with Crippen LogP contribution in [0.5, 0.6) is 0 Å². The molecular weight excluding hydrogens is 509 g/mol. The lowest BCUT2D eigenvalue weighted by Gasteiger charge is -2.32. The highest BCUT2D eigenvalue weighted by molar-refractivity contribution is 7.92. The van der Waals surface area contributed by atoms with Crippen molar-refractivity contribution in [3.05, 3.63) is 63.6 Å². The molecule has 190 valence electrons. The fourth-order valence-electron chi connectivity index (χ4n) is 4.13. The minimum atomic E-state index is -3.76. The molecule has 0 aliphatic heterocycles. The number of nitrogens with zero attached hydrogens (tertiary/aromatic N) is 2. The lowest BCUT2D eigenvalue weighted by Crippen LogP contribution is -2.52. The number of hydrogen-bond donors (Lipinski definition) is 1. The van der Waals surface area contributed by atoms with Crippen molar-refractivity contribution in [3.8, 4) is 0 Å². The van der Waals surface area contributed by atoms with Crippen molar-refractivity contribution in [3.63, 3.8) is 0 Å². The number of anilines is 1. The lowest BCUT2D eigenvalue weighted by molar-refractivity contribution is -0.139. The van der Waals surface area contributed by atoms with Gasteiger partial charge in [0.15, 0.2) is 0 Å². The van der Waals surface area contributed by atoms with Gasteiger partial charge in [0.05, 0.1) is 22.0 Å². The van der Waals surface area contributed by atoms with Crippen LogP contribution in [0.4, 0.5) is 5.69 Å². The number of rotatable bonds is 9. The Morgan fingerprint density at radius 2 is 1.69 bits per heavy atom. The molecule has 10 heteroatoms. The van der Waals surface area contributed by atoms with E-state index >= 15 is 0 Å². The van der Waals surface area contributed by atoms with Crippen LogP contribution in [-0.4, -0.2) is 50.0 Å². The van der Waals surface area contributed by atoms with Gasteiger partial charge in [-0.1, -0.05) is 59.8 Å². The van der Waals surface area contributed by atoms with Crippen molar-refractivity contribution >= 4 is 50.7 Å². The normalized spacial score (nSPS) is 15.0. The van der Waals surface area contributed by atoms with E-state index in [0.717, 1.165) is 41.8 Å². The number of amides is 2. The summed E-state index contributed by atoms with van der Waals surface area (Å²) in [5.74, 6) is -0.775. The summed E-state index contributed by atoms with van der Waals surface area (Å²) in [7, 11) is -3.76. The maximum absolute atomic E-state index is 13.6. The Morgan fingerprint density at radius 1 is 1.06 bits per heavy atom. The Labute approximate surface area is 217 Å². The van der Waals surface area contributed by atoms with Crippen molar-refractivity contribution in [2.45, 2.75) is 58.2 Å². The molecule has 7 nitrogen and oxygen atoms in total. The third-order valence-electron chi connectivity index (χ3n) is 6.21. The number of halogens is 2. The first-order valence-electron chi connectivity index (χ1n) is 11.5. The molecule has 0 unspecified atom stereocenters. The van der Waals surface area contributed by atoms with Crippen LogP contribution in [0.25, 0.3) is 0 Å². The standard InChI is InChI=1S/C25H31Cl2N3O4S/c1-17-8-11-21(12-9-17)30(35(3,33)34)16-24(31)29(15-19-10-13-22(26)23(27)14-19)18(2)25(32)28-20-6-4-5-7-20/h8-14,18,20H,4-7,15-16H2,1-3H3,(H,28,32)/t18-/m1/s1. The van der Waals surface area contributed by atoms with Gasteiger partial charge in [0, 0.05) is 12.6 Å². The summed E-state index contributed by atoms with van der Waals surface area (Å²) in [5, 5.41) is 3.74. The van der Waals surface area contributed by atoms with Crippen LogP contribution >= 0.6 is 23.2 Å². The molecule has 1 aliphatic rings. The van der Waals surface area contributed by atoms with Crippen molar-refractivity contribution in [1.29, 1.82) is 0 Å². The predicted molar refractivity (Wildman–Crippen MR) is 140 cm³/mol. The number of hydrogen-bond acceptors (Lipinski definition) is 4. The maximum Gasteiger partial charge on any atom is 0.244 e. The molecule has 0 aromatic heterocycles. The molecule has 1 fully saturated rings. The third-order valence-corrected chi connectivity index (χ3v) is 8.09. The lowest BCUT2D eigenvalue weighted by atomic mass is 10.1. The van der Waals surface area contributed by atoms with E-state index in [2.05, 4.69) is 5.32 Å². The molecule has 0 bridgehead atoms. The summed E-state index contributed by atoms with van der Waals surface area (Å²) in [6.07, 6.45) is 5.00. The van der Waals surface area contributed by atoms with Crippen LogP contribution in [-0.2, 0) is 26.2 Å². The second-order valence-corrected chi connectivity index (χ2v) is 11.8. The summed E-state index contributed by atoms with van der Waals surface area (Å²) >= 11 is 12.2. The number of sulfonamides is 1. The van der Waals surface area contributed by atoms with Crippen molar-refractivity contribution in [2.24, 2.45) is 0 Å². The smallest absolute Gasteiger partial charge is 0.244 e. The first kappa shape index (κ1) is 27.3. The fourth-order valence-corrected chi connectivity index (χ4v) is 5.30. The molecular formula is C25H31Cl2N3O4S. The molecule has 35 heavy (non-hydrogen) atoms. The van der Waals surface area contributed by atoms with E-state index < -0.39 is 28.5 Å². The molecule has 0 spiro atoms. The second kappa shape index (κ2) is 11.6.